The van der Waals surface area contributed by atoms with Crippen molar-refractivity contribution in [1.29, 1.82) is 0 Å². The molecular formula is C19H23NO3S. The number of nitrogens with zero attached hydrogens (tertiary/aromatic N) is 1. The molecule has 24 heavy (non-hydrogen) atoms. The SMILES string of the molecule is CS(=O)(=O)c1ccc(N2CCC([C@H](O)c3ccccc3)CC2)cc1. The van der Waals surface area contributed by atoms with Crippen LogP contribution in [0.4, 0.5) is 5.69 Å². The van der Waals surface area contributed by atoms with E-state index in [1.165, 1.54) is 6.26 Å². The summed E-state index contributed by atoms with van der Waals surface area (Å²) in [5, 5.41) is 10.5. The summed E-state index contributed by atoms with van der Waals surface area (Å²) >= 11 is 0. The molecule has 128 valence electrons. The van der Waals surface area contributed by atoms with Gasteiger partial charge in [-0.25, -0.2) is 8.42 Å². The third kappa shape index (κ3) is 3.79. The molecule has 0 saturated carbocycles. The highest BCUT2D eigenvalue weighted by atomic mass is 32.2. The lowest BCUT2D eigenvalue weighted by Gasteiger charge is -2.35. The molecule has 1 aliphatic rings. The smallest absolute Gasteiger partial charge is 0.175 e. The fourth-order valence-electron chi connectivity index (χ4n) is 3.30. The van der Waals surface area contributed by atoms with Crippen molar-refractivity contribution in [3.8, 4) is 0 Å². The molecule has 0 bridgehead atoms. The summed E-state index contributed by atoms with van der Waals surface area (Å²) in [5.41, 5.74) is 2.02. The van der Waals surface area contributed by atoms with Gasteiger partial charge in [0.2, 0.25) is 0 Å². The number of sulfone groups is 1. The molecule has 0 aromatic heterocycles. The number of anilines is 1. The average molecular weight is 345 g/mol. The van der Waals surface area contributed by atoms with Crippen molar-refractivity contribution in [1.82, 2.24) is 0 Å². The lowest BCUT2D eigenvalue weighted by Crippen LogP contribution is -2.35. The van der Waals surface area contributed by atoms with Crippen LogP contribution in [0.5, 0.6) is 0 Å². The number of hydrogen-bond donors (Lipinski definition) is 1. The second-order valence-corrected chi connectivity index (χ2v) is 8.46. The normalized spacial score (nSPS) is 17.7. The lowest BCUT2D eigenvalue weighted by molar-refractivity contribution is 0.0930. The van der Waals surface area contributed by atoms with Gasteiger partial charge in [-0.15, -0.1) is 0 Å². The van der Waals surface area contributed by atoms with Gasteiger partial charge in [0, 0.05) is 25.0 Å². The molecule has 3 rings (SSSR count). The van der Waals surface area contributed by atoms with E-state index in [1.54, 1.807) is 12.1 Å². The topological polar surface area (TPSA) is 57.6 Å². The first-order chi connectivity index (χ1) is 11.4. The Labute approximate surface area is 143 Å². The van der Waals surface area contributed by atoms with Crippen LogP contribution in [-0.4, -0.2) is 32.9 Å². The molecule has 1 saturated heterocycles. The van der Waals surface area contributed by atoms with Crippen LogP contribution in [0.3, 0.4) is 0 Å². The van der Waals surface area contributed by atoms with Crippen LogP contribution in [0.15, 0.2) is 59.5 Å². The van der Waals surface area contributed by atoms with Crippen LogP contribution in [0, 0.1) is 5.92 Å². The quantitative estimate of drug-likeness (QED) is 0.925. The Morgan fingerprint density at radius 2 is 1.58 bits per heavy atom. The molecular weight excluding hydrogens is 322 g/mol. The first-order valence-electron chi connectivity index (χ1n) is 8.23. The number of hydrogen-bond acceptors (Lipinski definition) is 4. The van der Waals surface area contributed by atoms with Crippen LogP contribution in [-0.2, 0) is 9.84 Å². The summed E-state index contributed by atoms with van der Waals surface area (Å²) in [4.78, 5) is 2.60. The van der Waals surface area contributed by atoms with Crippen molar-refractivity contribution < 1.29 is 13.5 Å². The summed E-state index contributed by atoms with van der Waals surface area (Å²) in [5.74, 6) is 0.263. The predicted octanol–water partition coefficient (Wildman–Crippen LogP) is 3.04. The van der Waals surface area contributed by atoms with Crippen LogP contribution < -0.4 is 4.90 Å². The minimum atomic E-state index is -3.15. The highest BCUT2D eigenvalue weighted by molar-refractivity contribution is 7.90. The third-order valence-electron chi connectivity index (χ3n) is 4.76. The van der Waals surface area contributed by atoms with Gasteiger partial charge in [0.05, 0.1) is 11.0 Å². The highest BCUT2D eigenvalue weighted by Crippen LogP contribution is 2.32. The van der Waals surface area contributed by atoms with Crippen molar-refractivity contribution in [3.63, 3.8) is 0 Å². The summed E-state index contributed by atoms with van der Waals surface area (Å²) in [6.07, 6.45) is 2.65. The first-order valence-corrected chi connectivity index (χ1v) is 10.1. The van der Waals surface area contributed by atoms with Gasteiger partial charge < -0.3 is 10.0 Å². The van der Waals surface area contributed by atoms with Crippen molar-refractivity contribution >= 4 is 15.5 Å². The Balaban J connectivity index is 1.63. The molecule has 0 unspecified atom stereocenters. The van der Waals surface area contributed by atoms with Crippen molar-refractivity contribution in [2.24, 2.45) is 5.92 Å². The second-order valence-electron chi connectivity index (χ2n) is 6.45. The molecule has 1 N–H and O–H groups in total. The Kier molecular flexibility index (Phi) is 4.92. The molecule has 2 aromatic carbocycles. The summed E-state index contributed by atoms with van der Waals surface area (Å²) < 4.78 is 23.1. The van der Waals surface area contributed by atoms with Crippen LogP contribution in [0.25, 0.3) is 0 Å². The molecule has 0 spiro atoms. The zero-order valence-electron chi connectivity index (χ0n) is 13.8. The number of aliphatic hydroxyl groups excluding tert-OH is 1. The van der Waals surface area contributed by atoms with Gasteiger partial charge >= 0.3 is 0 Å². The zero-order chi connectivity index (χ0) is 17.2. The van der Waals surface area contributed by atoms with E-state index < -0.39 is 15.9 Å². The van der Waals surface area contributed by atoms with Gasteiger partial charge in [-0.3, -0.25) is 0 Å². The Bertz CT molecular complexity index is 764. The average Bonchev–Trinajstić information content (AvgIpc) is 2.61. The predicted molar refractivity (Wildman–Crippen MR) is 95.9 cm³/mol. The van der Waals surface area contributed by atoms with Gasteiger partial charge in [0.1, 0.15) is 0 Å². The minimum Gasteiger partial charge on any atom is -0.388 e. The first kappa shape index (κ1) is 17.0. The maximum absolute atomic E-state index is 11.5. The maximum Gasteiger partial charge on any atom is 0.175 e. The van der Waals surface area contributed by atoms with E-state index >= 15 is 0 Å². The summed E-state index contributed by atoms with van der Waals surface area (Å²) in [6, 6.07) is 16.9. The third-order valence-corrected chi connectivity index (χ3v) is 5.89. The molecule has 1 aliphatic heterocycles. The molecule has 0 amide bonds. The number of piperidine rings is 1. The van der Waals surface area contributed by atoms with E-state index in [2.05, 4.69) is 4.90 Å². The number of aliphatic hydroxyl groups is 1. The standard InChI is InChI=1S/C19H23NO3S/c1-24(22,23)18-9-7-17(8-10-18)20-13-11-16(12-14-20)19(21)15-5-3-2-4-6-15/h2-10,16,19,21H,11-14H2,1H3/t19-/m1/s1. The molecule has 2 aromatic rings. The minimum absolute atomic E-state index is 0.263. The van der Waals surface area contributed by atoms with Crippen molar-refractivity contribution in [3.05, 3.63) is 60.2 Å². The summed E-state index contributed by atoms with van der Waals surface area (Å²) in [7, 11) is -3.15. The molecule has 0 radical (unpaired) electrons. The molecule has 5 heteroatoms. The lowest BCUT2D eigenvalue weighted by atomic mass is 9.87. The van der Waals surface area contributed by atoms with Crippen molar-refractivity contribution in [2.75, 3.05) is 24.2 Å². The Morgan fingerprint density at radius 1 is 1.00 bits per heavy atom. The molecule has 4 nitrogen and oxygen atoms in total. The van der Waals surface area contributed by atoms with Crippen LogP contribution in [0.1, 0.15) is 24.5 Å². The van der Waals surface area contributed by atoms with E-state index in [0.717, 1.165) is 37.2 Å². The van der Waals surface area contributed by atoms with Gasteiger partial charge in [-0.05, 0) is 48.6 Å². The van der Waals surface area contributed by atoms with E-state index in [-0.39, 0.29) is 5.92 Å². The second kappa shape index (κ2) is 6.95. The fourth-order valence-corrected chi connectivity index (χ4v) is 3.93. The van der Waals surface area contributed by atoms with Gasteiger partial charge in [0.25, 0.3) is 0 Å². The largest absolute Gasteiger partial charge is 0.388 e. The van der Waals surface area contributed by atoms with Crippen LogP contribution >= 0.6 is 0 Å². The monoisotopic (exact) mass is 345 g/mol. The Hall–Kier alpha value is -1.85. The maximum atomic E-state index is 11.5. The number of benzene rings is 2. The fraction of sp³-hybridized carbons (Fsp3) is 0.368. The van der Waals surface area contributed by atoms with E-state index in [0.29, 0.717) is 4.90 Å². The summed E-state index contributed by atoms with van der Waals surface area (Å²) in [6.45, 7) is 1.74. The van der Waals surface area contributed by atoms with Crippen molar-refractivity contribution in [2.45, 2.75) is 23.8 Å². The molecule has 1 fully saturated rings. The van der Waals surface area contributed by atoms with E-state index in [4.69, 9.17) is 0 Å². The van der Waals surface area contributed by atoms with Gasteiger partial charge in [0.15, 0.2) is 9.84 Å². The van der Waals surface area contributed by atoms with Gasteiger partial charge in [-0.1, -0.05) is 30.3 Å². The zero-order valence-corrected chi connectivity index (χ0v) is 14.6. The molecule has 1 heterocycles. The van der Waals surface area contributed by atoms with E-state index in [1.807, 2.05) is 42.5 Å². The molecule has 1 atom stereocenters. The van der Waals surface area contributed by atoms with E-state index in [9.17, 15) is 13.5 Å². The highest BCUT2D eigenvalue weighted by Gasteiger charge is 2.26. The van der Waals surface area contributed by atoms with Gasteiger partial charge in [-0.2, -0.15) is 0 Å². The molecule has 0 aliphatic carbocycles. The Morgan fingerprint density at radius 3 is 2.12 bits per heavy atom. The van der Waals surface area contributed by atoms with Crippen LogP contribution in [0.2, 0.25) is 0 Å². The number of rotatable bonds is 4.